The van der Waals surface area contributed by atoms with E-state index in [2.05, 4.69) is 21.2 Å². The lowest BCUT2D eigenvalue weighted by Gasteiger charge is -2.08. The molecule has 0 saturated heterocycles. The van der Waals surface area contributed by atoms with Crippen molar-refractivity contribution in [3.8, 4) is 0 Å². The van der Waals surface area contributed by atoms with Gasteiger partial charge in [0.25, 0.3) is 5.91 Å². The summed E-state index contributed by atoms with van der Waals surface area (Å²) < 4.78 is 1.74. The second-order valence-electron chi connectivity index (χ2n) is 3.63. The van der Waals surface area contributed by atoms with Crippen LogP contribution in [0, 0.1) is 6.92 Å². The van der Waals surface area contributed by atoms with E-state index in [9.17, 15) is 4.79 Å². The summed E-state index contributed by atoms with van der Waals surface area (Å²) >= 11 is 16.4. The van der Waals surface area contributed by atoms with Crippen LogP contribution in [0.2, 0.25) is 8.67 Å². The van der Waals surface area contributed by atoms with Crippen LogP contribution in [-0.4, -0.2) is 5.91 Å². The Balaban J connectivity index is 2.27. The Labute approximate surface area is 127 Å². The van der Waals surface area contributed by atoms with Crippen molar-refractivity contribution in [1.29, 1.82) is 0 Å². The summed E-state index contributed by atoms with van der Waals surface area (Å²) in [5.74, 6) is -0.269. The largest absolute Gasteiger partial charge is 0.321 e. The summed E-state index contributed by atoms with van der Waals surface area (Å²) in [7, 11) is 0. The number of carbonyl (C=O) groups excluding carboxylic acids is 1. The molecule has 0 saturated carbocycles. The molecule has 0 aliphatic rings. The van der Waals surface area contributed by atoms with Gasteiger partial charge < -0.3 is 5.32 Å². The lowest BCUT2D eigenvalue weighted by molar-refractivity contribution is 0.102. The molecule has 1 amide bonds. The Morgan fingerprint density at radius 3 is 2.72 bits per heavy atom. The molecule has 1 N–H and O–H groups in total. The minimum atomic E-state index is -0.269. The van der Waals surface area contributed by atoms with E-state index >= 15 is 0 Å². The first kappa shape index (κ1) is 13.9. The van der Waals surface area contributed by atoms with Crippen molar-refractivity contribution in [3.63, 3.8) is 0 Å². The van der Waals surface area contributed by atoms with E-state index in [0.29, 0.717) is 19.9 Å². The van der Waals surface area contributed by atoms with Crippen LogP contribution in [0.25, 0.3) is 0 Å². The number of aryl methyl sites for hydroxylation is 1. The molecule has 1 heterocycles. The predicted molar refractivity (Wildman–Crippen MR) is 81.2 cm³/mol. The number of halogens is 3. The number of rotatable bonds is 2. The van der Waals surface area contributed by atoms with E-state index in [0.717, 1.165) is 10.0 Å². The van der Waals surface area contributed by atoms with Gasteiger partial charge in [-0.3, -0.25) is 4.79 Å². The van der Waals surface area contributed by atoms with Crippen LogP contribution >= 0.6 is 50.5 Å². The highest BCUT2D eigenvalue weighted by Crippen LogP contribution is 2.32. The maximum atomic E-state index is 12.0. The molecule has 0 aliphatic heterocycles. The molecule has 94 valence electrons. The zero-order valence-electron chi connectivity index (χ0n) is 9.26. The lowest BCUT2D eigenvalue weighted by atomic mass is 10.2. The Kier molecular flexibility index (Phi) is 4.33. The van der Waals surface area contributed by atoms with Crippen molar-refractivity contribution in [2.24, 2.45) is 0 Å². The van der Waals surface area contributed by atoms with Gasteiger partial charge >= 0.3 is 0 Å². The van der Waals surface area contributed by atoms with Crippen LogP contribution in [0.15, 0.2) is 28.7 Å². The standard InChI is InChI=1S/C12H8BrCl2NOS/c1-6-3-2-4-8(10(6)13)16-12(17)7-5-9(14)18-11(7)15/h2-5H,1H3,(H,16,17). The van der Waals surface area contributed by atoms with Crippen molar-refractivity contribution in [2.75, 3.05) is 5.32 Å². The molecular formula is C12H8BrCl2NOS. The fraction of sp³-hybridized carbons (Fsp3) is 0.0833. The van der Waals surface area contributed by atoms with E-state index in [1.54, 1.807) is 6.07 Å². The molecule has 0 fully saturated rings. The number of thiophene rings is 1. The molecule has 0 bridgehead atoms. The summed E-state index contributed by atoms with van der Waals surface area (Å²) in [6.07, 6.45) is 0. The van der Waals surface area contributed by atoms with Crippen LogP contribution in [-0.2, 0) is 0 Å². The highest BCUT2D eigenvalue weighted by molar-refractivity contribution is 9.10. The van der Waals surface area contributed by atoms with Crippen LogP contribution < -0.4 is 5.32 Å². The average Bonchev–Trinajstić information content (AvgIpc) is 2.64. The molecule has 0 aliphatic carbocycles. The SMILES string of the molecule is Cc1cccc(NC(=O)c2cc(Cl)sc2Cl)c1Br. The maximum absolute atomic E-state index is 12.0. The van der Waals surface area contributed by atoms with Crippen LogP contribution in [0.5, 0.6) is 0 Å². The lowest BCUT2D eigenvalue weighted by Crippen LogP contribution is -2.11. The molecule has 18 heavy (non-hydrogen) atoms. The quantitative estimate of drug-likeness (QED) is 0.761. The van der Waals surface area contributed by atoms with E-state index < -0.39 is 0 Å². The zero-order valence-corrected chi connectivity index (χ0v) is 13.2. The molecule has 1 aromatic carbocycles. The smallest absolute Gasteiger partial charge is 0.258 e. The highest BCUT2D eigenvalue weighted by atomic mass is 79.9. The molecule has 0 unspecified atom stereocenters. The minimum Gasteiger partial charge on any atom is -0.321 e. The van der Waals surface area contributed by atoms with E-state index in [1.165, 1.54) is 11.3 Å². The number of nitrogens with one attached hydrogen (secondary N) is 1. The molecule has 0 atom stereocenters. The maximum Gasteiger partial charge on any atom is 0.258 e. The molecule has 0 radical (unpaired) electrons. The normalized spacial score (nSPS) is 10.4. The number of benzene rings is 1. The molecular weight excluding hydrogens is 357 g/mol. The molecule has 2 nitrogen and oxygen atoms in total. The van der Waals surface area contributed by atoms with Crippen molar-refractivity contribution in [1.82, 2.24) is 0 Å². The fourth-order valence-corrected chi connectivity index (χ4v) is 3.25. The monoisotopic (exact) mass is 363 g/mol. The first-order chi connectivity index (χ1) is 8.49. The Morgan fingerprint density at radius 2 is 2.11 bits per heavy atom. The third kappa shape index (κ3) is 2.88. The van der Waals surface area contributed by atoms with Gasteiger partial charge in [-0.15, -0.1) is 11.3 Å². The first-order valence-corrected chi connectivity index (χ1v) is 7.37. The highest BCUT2D eigenvalue weighted by Gasteiger charge is 2.15. The average molecular weight is 365 g/mol. The van der Waals surface area contributed by atoms with Crippen LogP contribution in [0.1, 0.15) is 15.9 Å². The fourth-order valence-electron chi connectivity index (χ4n) is 1.43. The van der Waals surface area contributed by atoms with Gasteiger partial charge in [-0.1, -0.05) is 35.3 Å². The molecule has 6 heteroatoms. The summed E-state index contributed by atoms with van der Waals surface area (Å²) in [5.41, 5.74) is 2.14. The predicted octanol–water partition coefficient (Wildman–Crippen LogP) is 5.38. The number of carbonyl (C=O) groups is 1. The number of hydrogen-bond donors (Lipinski definition) is 1. The van der Waals surface area contributed by atoms with Crippen molar-refractivity contribution in [2.45, 2.75) is 6.92 Å². The molecule has 1 aromatic heterocycles. The second kappa shape index (κ2) is 5.61. The number of amides is 1. The van der Waals surface area contributed by atoms with Crippen molar-refractivity contribution in [3.05, 3.63) is 48.5 Å². The topological polar surface area (TPSA) is 29.1 Å². The van der Waals surface area contributed by atoms with Gasteiger partial charge in [0.2, 0.25) is 0 Å². The van der Waals surface area contributed by atoms with Gasteiger partial charge in [-0.05, 0) is 40.5 Å². The first-order valence-electron chi connectivity index (χ1n) is 5.00. The van der Waals surface area contributed by atoms with Crippen LogP contribution in [0.4, 0.5) is 5.69 Å². The Bertz CT molecular complexity index is 612. The number of anilines is 1. The Morgan fingerprint density at radius 1 is 1.39 bits per heavy atom. The van der Waals surface area contributed by atoms with Gasteiger partial charge in [-0.2, -0.15) is 0 Å². The number of hydrogen-bond acceptors (Lipinski definition) is 2. The van der Waals surface area contributed by atoms with Crippen LogP contribution in [0.3, 0.4) is 0 Å². The van der Waals surface area contributed by atoms with E-state index in [1.807, 2.05) is 25.1 Å². The molecule has 2 rings (SSSR count). The summed E-state index contributed by atoms with van der Waals surface area (Å²) in [6, 6.07) is 7.20. The summed E-state index contributed by atoms with van der Waals surface area (Å²) in [6.45, 7) is 1.95. The molecule has 0 spiro atoms. The van der Waals surface area contributed by atoms with Gasteiger partial charge in [0, 0.05) is 4.47 Å². The molecule has 2 aromatic rings. The van der Waals surface area contributed by atoms with E-state index in [-0.39, 0.29) is 5.91 Å². The van der Waals surface area contributed by atoms with Crippen molar-refractivity contribution < 1.29 is 4.79 Å². The third-order valence-corrected chi connectivity index (χ3v) is 4.88. The van der Waals surface area contributed by atoms with E-state index in [4.69, 9.17) is 23.2 Å². The zero-order chi connectivity index (χ0) is 13.3. The van der Waals surface area contributed by atoms with Gasteiger partial charge in [0.05, 0.1) is 15.6 Å². The third-order valence-electron chi connectivity index (χ3n) is 2.34. The van der Waals surface area contributed by atoms with Gasteiger partial charge in [0.1, 0.15) is 4.34 Å². The second-order valence-corrected chi connectivity index (χ2v) is 6.71. The minimum absolute atomic E-state index is 0.269. The van der Waals surface area contributed by atoms with Crippen molar-refractivity contribution >= 4 is 62.1 Å². The van der Waals surface area contributed by atoms with Gasteiger partial charge in [-0.25, -0.2) is 0 Å². The Hall–Kier alpha value is -0.550. The summed E-state index contributed by atoms with van der Waals surface area (Å²) in [4.78, 5) is 12.0. The summed E-state index contributed by atoms with van der Waals surface area (Å²) in [5, 5.41) is 2.80. The van der Waals surface area contributed by atoms with Gasteiger partial charge in [0.15, 0.2) is 0 Å².